The number of hydrogen-bond donors (Lipinski definition) is 0. The lowest BCUT2D eigenvalue weighted by atomic mass is 10.1. The Morgan fingerprint density at radius 2 is 2.00 bits per heavy atom. The summed E-state index contributed by atoms with van der Waals surface area (Å²) in [4.78, 5) is 16.8. The smallest absolute Gasteiger partial charge is 0.227 e. The summed E-state index contributed by atoms with van der Waals surface area (Å²) < 4.78 is 23.3. The van der Waals surface area contributed by atoms with Gasteiger partial charge in [0.05, 0.1) is 17.4 Å². The molecular formula is C16H22N2O3S. The van der Waals surface area contributed by atoms with E-state index in [1.807, 2.05) is 37.1 Å². The number of benzene rings is 1. The van der Waals surface area contributed by atoms with E-state index >= 15 is 0 Å². The van der Waals surface area contributed by atoms with Crippen LogP contribution in [0.5, 0.6) is 0 Å². The number of rotatable bonds is 1. The minimum absolute atomic E-state index is 0.00649. The third kappa shape index (κ3) is 2.84. The van der Waals surface area contributed by atoms with Crippen molar-refractivity contribution in [3.63, 3.8) is 0 Å². The molecule has 2 aliphatic heterocycles. The highest BCUT2D eigenvalue weighted by Crippen LogP contribution is 2.29. The molecule has 2 heterocycles. The fraction of sp³-hybridized carbons (Fsp3) is 0.562. The van der Waals surface area contributed by atoms with Gasteiger partial charge >= 0.3 is 0 Å². The van der Waals surface area contributed by atoms with Crippen molar-refractivity contribution in [2.45, 2.75) is 25.9 Å². The van der Waals surface area contributed by atoms with Crippen molar-refractivity contribution in [1.29, 1.82) is 0 Å². The summed E-state index contributed by atoms with van der Waals surface area (Å²) >= 11 is 0. The van der Waals surface area contributed by atoms with E-state index in [4.69, 9.17) is 0 Å². The molecule has 0 unspecified atom stereocenters. The highest BCUT2D eigenvalue weighted by Gasteiger charge is 2.37. The van der Waals surface area contributed by atoms with Crippen LogP contribution in [-0.2, 0) is 21.2 Å². The maximum absolute atomic E-state index is 12.8. The summed E-state index contributed by atoms with van der Waals surface area (Å²) in [5, 5.41) is 0. The van der Waals surface area contributed by atoms with Crippen LogP contribution in [0.25, 0.3) is 0 Å². The molecule has 22 heavy (non-hydrogen) atoms. The van der Waals surface area contributed by atoms with Gasteiger partial charge in [-0.05, 0) is 25.0 Å². The molecule has 6 heteroatoms. The predicted octanol–water partition coefficient (Wildman–Crippen LogP) is 1.29. The van der Waals surface area contributed by atoms with E-state index in [9.17, 15) is 13.2 Å². The number of hydrogen-bond acceptors (Lipinski definition) is 4. The molecule has 120 valence electrons. The molecule has 2 atom stereocenters. The van der Waals surface area contributed by atoms with Gasteiger partial charge < -0.3 is 9.80 Å². The lowest BCUT2D eigenvalue weighted by Gasteiger charge is -2.30. The molecule has 1 fully saturated rings. The Balaban J connectivity index is 1.86. The molecule has 1 amide bonds. The van der Waals surface area contributed by atoms with Gasteiger partial charge in [0, 0.05) is 31.9 Å². The van der Waals surface area contributed by atoms with E-state index in [1.165, 1.54) is 0 Å². The lowest BCUT2D eigenvalue weighted by Crippen LogP contribution is -2.44. The number of amides is 1. The van der Waals surface area contributed by atoms with Gasteiger partial charge in [-0.25, -0.2) is 8.42 Å². The van der Waals surface area contributed by atoms with Crippen LogP contribution in [0.3, 0.4) is 0 Å². The predicted molar refractivity (Wildman–Crippen MR) is 86.5 cm³/mol. The van der Waals surface area contributed by atoms with Crippen molar-refractivity contribution in [2.24, 2.45) is 5.92 Å². The number of anilines is 1. The molecule has 2 aliphatic rings. The first-order chi connectivity index (χ1) is 10.4. The topological polar surface area (TPSA) is 57.7 Å². The zero-order valence-corrected chi connectivity index (χ0v) is 13.8. The molecule has 0 aliphatic carbocycles. The third-order valence-corrected chi connectivity index (χ3v) is 6.45. The monoisotopic (exact) mass is 322 g/mol. The van der Waals surface area contributed by atoms with Crippen molar-refractivity contribution < 1.29 is 13.2 Å². The fourth-order valence-electron chi connectivity index (χ4n) is 3.47. The Kier molecular flexibility index (Phi) is 3.89. The van der Waals surface area contributed by atoms with E-state index in [0.717, 1.165) is 17.8 Å². The minimum Gasteiger partial charge on any atom is -0.372 e. The normalized spacial score (nSPS) is 27.4. The number of nitrogens with zero attached hydrogens (tertiary/aromatic N) is 2. The van der Waals surface area contributed by atoms with E-state index in [0.29, 0.717) is 13.0 Å². The van der Waals surface area contributed by atoms with Crippen molar-refractivity contribution in [2.75, 3.05) is 30.0 Å². The molecule has 1 aromatic carbocycles. The number of sulfone groups is 1. The zero-order chi connectivity index (χ0) is 15.9. The molecule has 5 nitrogen and oxygen atoms in total. The summed E-state index contributed by atoms with van der Waals surface area (Å²) in [5.41, 5.74) is 2.26. The number of fused-ring (bicyclic) bond motifs is 1. The summed E-state index contributed by atoms with van der Waals surface area (Å²) in [7, 11) is -1.00. The number of carbonyl (C=O) groups is 1. The highest BCUT2D eigenvalue weighted by atomic mass is 32.2. The van der Waals surface area contributed by atoms with E-state index in [-0.39, 0.29) is 29.4 Å². The van der Waals surface area contributed by atoms with Crippen LogP contribution >= 0.6 is 0 Å². The molecular weight excluding hydrogens is 300 g/mol. The molecule has 0 spiro atoms. The maximum Gasteiger partial charge on any atom is 0.227 e. The first-order valence-electron chi connectivity index (χ1n) is 7.67. The van der Waals surface area contributed by atoms with Gasteiger partial charge in [0.2, 0.25) is 5.91 Å². The largest absolute Gasteiger partial charge is 0.372 e. The zero-order valence-electron chi connectivity index (χ0n) is 13.0. The molecule has 1 saturated heterocycles. The Bertz CT molecular complexity index is 686. The van der Waals surface area contributed by atoms with Crippen LogP contribution in [0.15, 0.2) is 24.3 Å². The van der Waals surface area contributed by atoms with E-state index < -0.39 is 9.84 Å². The Morgan fingerprint density at radius 3 is 2.68 bits per heavy atom. The molecule has 0 saturated carbocycles. The van der Waals surface area contributed by atoms with Gasteiger partial charge in [0.25, 0.3) is 0 Å². The van der Waals surface area contributed by atoms with Crippen molar-refractivity contribution in [3.8, 4) is 0 Å². The second-order valence-electron chi connectivity index (χ2n) is 6.42. The first kappa shape index (κ1) is 15.3. The molecule has 0 aromatic heterocycles. The average Bonchev–Trinajstić information content (AvgIpc) is 2.78. The first-order valence-corrected chi connectivity index (χ1v) is 9.49. The molecule has 1 aromatic rings. The SMILES string of the molecule is C[C@H]1CN(C)c2ccccc2CN1C(=O)[C@@H]1CCS(=O)(=O)C1. The molecule has 0 radical (unpaired) electrons. The highest BCUT2D eigenvalue weighted by molar-refractivity contribution is 7.91. The van der Waals surface area contributed by atoms with Crippen LogP contribution in [0.2, 0.25) is 0 Å². The molecule has 0 bridgehead atoms. The van der Waals surface area contributed by atoms with Crippen LogP contribution < -0.4 is 4.90 Å². The quantitative estimate of drug-likeness (QED) is 0.782. The van der Waals surface area contributed by atoms with Crippen molar-refractivity contribution in [3.05, 3.63) is 29.8 Å². The Morgan fingerprint density at radius 1 is 1.27 bits per heavy atom. The number of likely N-dealkylation sites (N-methyl/N-ethyl adjacent to an activating group) is 1. The standard InChI is InChI=1S/C16H22N2O3S/c1-12-9-17(2)15-6-4-3-5-13(15)10-18(12)16(19)14-7-8-22(20,21)11-14/h3-6,12,14H,7-11H2,1-2H3/t12-,14+/m0/s1. The van der Waals surface area contributed by atoms with Crippen molar-refractivity contribution in [1.82, 2.24) is 4.90 Å². The van der Waals surface area contributed by atoms with Gasteiger partial charge in [-0.1, -0.05) is 18.2 Å². The average molecular weight is 322 g/mol. The summed E-state index contributed by atoms with van der Waals surface area (Å²) in [6, 6.07) is 8.14. The fourth-order valence-corrected chi connectivity index (χ4v) is 5.20. The van der Waals surface area contributed by atoms with Gasteiger partial charge in [-0.3, -0.25) is 4.79 Å². The molecule has 3 rings (SSSR count). The van der Waals surface area contributed by atoms with Crippen LogP contribution in [0.1, 0.15) is 18.9 Å². The maximum atomic E-state index is 12.8. The number of para-hydroxylation sites is 1. The second kappa shape index (κ2) is 5.57. The van der Waals surface area contributed by atoms with E-state index in [1.54, 1.807) is 0 Å². The second-order valence-corrected chi connectivity index (χ2v) is 8.65. The lowest BCUT2D eigenvalue weighted by molar-refractivity contribution is -0.137. The van der Waals surface area contributed by atoms with Crippen LogP contribution in [0.4, 0.5) is 5.69 Å². The molecule has 0 N–H and O–H groups in total. The Labute approximate surface area is 131 Å². The van der Waals surface area contributed by atoms with Crippen LogP contribution in [0, 0.1) is 5.92 Å². The number of carbonyl (C=O) groups excluding carboxylic acids is 1. The summed E-state index contributed by atoms with van der Waals surface area (Å²) in [6.07, 6.45) is 0.460. The van der Waals surface area contributed by atoms with Gasteiger partial charge in [0.15, 0.2) is 9.84 Å². The van der Waals surface area contributed by atoms with Gasteiger partial charge in [-0.2, -0.15) is 0 Å². The Hall–Kier alpha value is -1.56. The van der Waals surface area contributed by atoms with Crippen LogP contribution in [-0.4, -0.2) is 50.4 Å². The van der Waals surface area contributed by atoms with Crippen molar-refractivity contribution >= 4 is 21.4 Å². The van der Waals surface area contributed by atoms with E-state index in [2.05, 4.69) is 11.0 Å². The summed E-state index contributed by atoms with van der Waals surface area (Å²) in [5.74, 6) is -0.240. The minimum atomic E-state index is -3.03. The summed E-state index contributed by atoms with van der Waals surface area (Å²) in [6.45, 7) is 3.34. The third-order valence-electron chi connectivity index (χ3n) is 4.68. The van der Waals surface area contributed by atoms with Gasteiger partial charge in [-0.15, -0.1) is 0 Å². The van der Waals surface area contributed by atoms with Gasteiger partial charge in [0.1, 0.15) is 0 Å².